The lowest BCUT2D eigenvalue weighted by atomic mass is 10.0. The van der Waals surface area contributed by atoms with Crippen LogP contribution in [-0.2, 0) is 0 Å². The zero-order valence-corrected chi connectivity index (χ0v) is 12.9. The Kier molecular flexibility index (Phi) is 4.25. The molecule has 1 nitrogen and oxygen atoms in total. The van der Waals surface area contributed by atoms with Gasteiger partial charge >= 0.3 is 0 Å². The number of nitrogens with one attached hydrogen (secondary N) is 1. The van der Waals surface area contributed by atoms with E-state index in [1.807, 2.05) is 13.0 Å². The van der Waals surface area contributed by atoms with Gasteiger partial charge in [-0.25, -0.2) is 4.39 Å². The Hall–Kier alpha value is -1.35. The Morgan fingerprint density at radius 2 is 1.68 bits per heavy atom. The second-order valence-electron chi connectivity index (χ2n) is 4.91. The molecule has 0 heterocycles. The molecule has 1 atom stereocenters. The zero-order chi connectivity index (χ0) is 14.0. The molecule has 100 valence electrons. The lowest BCUT2D eigenvalue weighted by Gasteiger charge is -2.17. The summed E-state index contributed by atoms with van der Waals surface area (Å²) in [7, 11) is 0. The first-order chi connectivity index (χ1) is 8.95. The normalized spacial score (nSPS) is 12.3. The van der Waals surface area contributed by atoms with Crippen molar-refractivity contribution in [3.8, 4) is 0 Å². The Morgan fingerprint density at radius 1 is 1.05 bits per heavy atom. The van der Waals surface area contributed by atoms with E-state index < -0.39 is 0 Å². The molecule has 0 aliphatic carbocycles. The Balaban J connectivity index is 2.22. The minimum absolute atomic E-state index is 0.0641. The largest absolute Gasteiger partial charge is 0.376 e. The number of aryl methyl sites for hydroxylation is 2. The number of rotatable bonds is 3. The summed E-state index contributed by atoms with van der Waals surface area (Å²) in [6.45, 7) is 6.18. The van der Waals surface area contributed by atoms with Crippen LogP contribution in [0.3, 0.4) is 0 Å². The molecule has 0 aromatic heterocycles. The Labute approximate surface area is 122 Å². The standard InChI is InChI=1S/C16H17BrFN/c1-10-6-11(2)8-13(7-10)12(3)19-16-5-4-14(17)9-15(16)18/h4-9,12,19H,1-3H3. The first-order valence-corrected chi connectivity index (χ1v) is 7.05. The third kappa shape index (κ3) is 3.57. The van der Waals surface area contributed by atoms with E-state index in [-0.39, 0.29) is 11.9 Å². The average molecular weight is 322 g/mol. The summed E-state index contributed by atoms with van der Waals surface area (Å²) in [6.07, 6.45) is 0. The molecule has 0 aliphatic heterocycles. The fourth-order valence-electron chi connectivity index (χ4n) is 2.18. The van der Waals surface area contributed by atoms with Crippen LogP contribution in [0.25, 0.3) is 0 Å². The van der Waals surface area contributed by atoms with E-state index in [2.05, 4.69) is 53.3 Å². The van der Waals surface area contributed by atoms with E-state index in [0.29, 0.717) is 5.69 Å². The van der Waals surface area contributed by atoms with Crippen molar-refractivity contribution in [2.75, 3.05) is 5.32 Å². The first-order valence-electron chi connectivity index (χ1n) is 6.25. The second kappa shape index (κ2) is 5.74. The number of anilines is 1. The maximum absolute atomic E-state index is 13.8. The summed E-state index contributed by atoms with van der Waals surface area (Å²) >= 11 is 3.26. The summed E-state index contributed by atoms with van der Waals surface area (Å²) < 4.78 is 14.5. The second-order valence-corrected chi connectivity index (χ2v) is 5.83. The maximum atomic E-state index is 13.8. The average Bonchev–Trinajstić information content (AvgIpc) is 2.31. The van der Waals surface area contributed by atoms with Gasteiger partial charge < -0.3 is 5.32 Å². The van der Waals surface area contributed by atoms with Gasteiger partial charge in [-0.3, -0.25) is 0 Å². The van der Waals surface area contributed by atoms with Crippen LogP contribution < -0.4 is 5.32 Å². The lowest BCUT2D eigenvalue weighted by Crippen LogP contribution is -2.08. The van der Waals surface area contributed by atoms with Gasteiger partial charge in [0.25, 0.3) is 0 Å². The quantitative estimate of drug-likeness (QED) is 0.800. The predicted molar refractivity (Wildman–Crippen MR) is 82.1 cm³/mol. The number of halogens is 2. The van der Waals surface area contributed by atoms with Gasteiger partial charge in [0.05, 0.1) is 5.69 Å². The summed E-state index contributed by atoms with van der Waals surface area (Å²) in [5, 5.41) is 3.21. The van der Waals surface area contributed by atoms with Crippen molar-refractivity contribution in [3.05, 3.63) is 63.4 Å². The highest BCUT2D eigenvalue weighted by Crippen LogP contribution is 2.25. The molecule has 1 N–H and O–H groups in total. The molecule has 0 saturated carbocycles. The summed E-state index contributed by atoms with van der Waals surface area (Å²) in [5.41, 5.74) is 4.13. The fourth-order valence-corrected chi connectivity index (χ4v) is 2.52. The Morgan fingerprint density at radius 3 is 2.26 bits per heavy atom. The molecule has 0 radical (unpaired) electrons. The molecule has 2 aromatic rings. The molecule has 0 saturated heterocycles. The van der Waals surface area contributed by atoms with Crippen molar-refractivity contribution in [1.29, 1.82) is 0 Å². The smallest absolute Gasteiger partial charge is 0.147 e. The molecule has 0 bridgehead atoms. The lowest BCUT2D eigenvalue weighted by molar-refractivity contribution is 0.626. The van der Waals surface area contributed by atoms with Gasteiger partial charge in [-0.15, -0.1) is 0 Å². The van der Waals surface area contributed by atoms with Gasteiger partial charge in [-0.05, 0) is 44.5 Å². The summed E-state index contributed by atoms with van der Waals surface area (Å²) in [5.74, 6) is -0.245. The number of hydrogen-bond acceptors (Lipinski definition) is 1. The van der Waals surface area contributed by atoms with E-state index >= 15 is 0 Å². The van der Waals surface area contributed by atoms with Gasteiger partial charge in [-0.2, -0.15) is 0 Å². The van der Waals surface area contributed by atoms with Crippen LogP contribution in [0, 0.1) is 19.7 Å². The first kappa shape index (κ1) is 14.1. The van der Waals surface area contributed by atoms with Crippen LogP contribution in [0.4, 0.5) is 10.1 Å². The molecule has 1 unspecified atom stereocenters. The molecule has 0 spiro atoms. The van der Waals surface area contributed by atoms with Gasteiger partial charge in [0.15, 0.2) is 0 Å². The molecule has 2 rings (SSSR count). The molecular formula is C16H17BrFN. The van der Waals surface area contributed by atoms with Crippen molar-refractivity contribution in [2.45, 2.75) is 26.8 Å². The fraction of sp³-hybridized carbons (Fsp3) is 0.250. The van der Waals surface area contributed by atoms with Crippen molar-refractivity contribution < 1.29 is 4.39 Å². The van der Waals surface area contributed by atoms with Crippen molar-refractivity contribution in [1.82, 2.24) is 0 Å². The SMILES string of the molecule is Cc1cc(C)cc(C(C)Nc2ccc(Br)cc2F)c1. The van der Waals surface area contributed by atoms with Crippen molar-refractivity contribution in [2.24, 2.45) is 0 Å². The Bertz CT molecular complexity index is 575. The minimum atomic E-state index is -0.245. The molecule has 0 fully saturated rings. The molecule has 0 amide bonds. The van der Waals surface area contributed by atoms with Crippen molar-refractivity contribution in [3.63, 3.8) is 0 Å². The van der Waals surface area contributed by atoms with E-state index in [9.17, 15) is 4.39 Å². The summed E-state index contributed by atoms with van der Waals surface area (Å²) in [6, 6.07) is 11.5. The van der Waals surface area contributed by atoms with Crippen molar-refractivity contribution >= 4 is 21.6 Å². The van der Waals surface area contributed by atoms with Crippen LogP contribution >= 0.6 is 15.9 Å². The van der Waals surface area contributed by atoms with Gasteiger partial charge in [0, 0.05) is 10.5 Å². The highest BCUT2D eigenvalue weighted by Gasteiger charge is 2.09. The molecular weight excluding hydrogens is 305 g/mol. The molecule has 19 heavy (non-hydrogen) atoms. The van der Waals surface area contributed by atoms with E-state index in [1.54, 1.807) is 6.07 Å². The predicted octanol–water partition coefficient (Wildman–Crippen LogP) is 5.38. The van der Waals surface area contributed by atoms with E-state index in [4.69, 9.17) is 0 Å². The minimum Gasteiger partial charge on any atom is -0.376 e. The topological polar surface area (TPSA) is 12.0 Å². The van der Waals surface area contributed by atoms with E-state index in [1.165, 1.54) is 22.8 Å². The molecule has 2 aromatic carbocycles. The number of hydrogen-bond donors (Lipinski definition) is 1. The summed E-state index contributed by atoms with van der Waals surface area (Å²) in [4.78, 5) is 0. The van der Waals surface area contributed by atoms with Gasteiger partial charge in [0.1, 0.15) is 5.82 Å². The molecule has 0 aliphatic rings. The molecule has 3 heteroatoms. The van der Waals surface area contributed by atoms with Gasteiger partial charge in [-0.1, -0.05) is 45.3 Å². The zero-order valence-electron chi connectivity index (χ0n) is 11.3. The van der Waals surface area contributed by atoms with Crippen LogP contribution in [0.1, 0.15) is 29.7 Å². The monoisotopic (exact) mass is 321 g/mol. The highest BCUT2D eigenvalue weighted by atomic mass is 79.9. The van der Waals surface area contributed by atoms with Gasteiger partial charge in [0.2, 0.25) is 0 Å². The third-order valence-electron chi connectivity index (χ3n) is 3.05. The van der Waals surface area contributed by atoms with Crippen LogP contribution in [0.5, 0.6) is 0 Å². The van der Waals surface area contributed by atoms with Crippen LogP contribution in [-0.4, -0.2) is 0 Å². The van der Waals surface area contributed by atoms with Crippen LogP contribution in [0.2, 0.25) is 0 Å². The van der Waals surface area contributed by atoms with E-state index in [0.717, 1.165) is 4.47 Å². The maximum Gasteiger partial charge on any atom is 0.147 e. The number of benzene rings is 2. The highest BCUT2D eigenvalue weighted by molar-refractivity contribution is 9.10. The third-order valence-corrected chi connectivity index (χ3v) is 3.54. The van der Waals surface area contributed by atoms with Crippen LogP contribution in [0.15, 0.2) is 40.9 Å².